The Morgan fingerprint density at radius 2 is 1.77 bits per heavy atom. The van der Waals surface area contributed by atoms with Crippen LogP contribution < -0.4 is 0 Å². The predicted octanol–water partition coefficient (Wildman–Crippen LogP) is 3.06. The lowest BCUT2D eigenvalue weighted by Crippen LogP contribution is -2.53. The topological polar surface area (TPSA) is 32.7 Å². The number of piperidine rings is 1. The van der Waals surface area contributed by atoms with Crippen LogP contribution in [-0.2, 0) is 4.74 Å². The van der Waals surface area contributed by atoms with Crippen molar-refractivity contribution in [3.05, 3.63) is 0 Å². The van der Waals surface area contributed by atoms with Gasteiger partial charge in [-0.05, 0) is 81.6 Å². The largest absolute Gasteiger partial charge is 0.389 e. The fraction of sp³-hybridized carbons (Fsp3) is 1.00. The van der Waals surface area contributed by atoms with Gasteiger partial charge in [0.1, 0.15) is 0 Å². The van der Waals surface area contributed by atoms with Gasteiger partial charge in [0.2, 0.25) is 0 Å². The van der Waals surface area contributed by atoms with Crippen LogP contribution in [0.2, 0.25) is 0 Å². The number of rotatable bonds is 5. The molecule has 1 aliphatic heterocycles. The number of aliphatic hydroxyl groups excluding tert-OH is 1. The third-order valence-electron chi connectivity index (χ3n) is 6.77. The minimum absolute atomic E-state index is 0.144. The standard InChI is InChI=1S/C19H33NO2/c1-14-3-2-4-20(11-14)12-18(21)13-22-19-8-15-5-16(9-19)7-17(6-15)10-19/h14-18,21H,2-13H2,1H3. The summed E-state index contributed by atoms with van der Waals surface area (Å²) in [6, 6.07) is 0. The van der Waals surface area contributed by atoms with Gasteiger partial charge in [0.25, 0.3) is 0 Å². The van der Waals surface area contributed by atoms with Gasteiger partial charge in [-0.3, -0.25) is 0 Å². The lowest BCUT2D eigenvalue weighted by Gasteiger charge is -2.56. The van der Waals surface area contributed by atoms with Crippen LogP contribution in [0, 0.1) is 23.7 Å². The van der Waals surface area contributed by atoms with Crippen LogP contribution in [0.25, 0.3) is 0 Å². The number of ether oxygens (including phenoxy) is 1. The van der Waals surface area contributed by atoms with E-state index in [0.717, 1.165) is 43.3 Å². The van der Waals surface area contributed by atoms with Crippen molar-refractivity contribution in [3.8, 4) is 0 Å². The van der Waals surface area contributed by atoms with Crippen molar-refractivity contribution in [2.75, 3.05) is 26.2 Å². The molecule has 5 fully saturated rings. The Labute approximate surface area is 135 Å². The van der Waals surface area contributed by atoms with Gasteiger partial charge in [-0.25, -0.2) is 0 Å². The van der Waals surface area contributed by atoms with E-state index < -0.39 is 0 Å². The summed E-state index contributed by atoms with van der Waals surface area (Å²) in [5, 5.41) is 10.4. The highest BCUT2D eigenvalue weighted by Crippen LogP contribution is 2.57. The predicted molar refractivity (Wildman–Crippen MR) is 87.7 cm³/mol. The molecule has 22 heavy (non-hydrogen) atoms. The molecule has 1 heterocycles. The van der Waals surface area contributed by atoms with Crippen molar-refractivity contribution in [1.82, 2.24) is 4.90 Å². The summed E-state index contributed by atoms with van der Waals surface area (Å²) in [5.74, 6) is 3.55. The van der Waals surface area contributed by atoms with Crippen LogP contribution in [0.15, 0.2) is 0 Å². The molecule has 0 aromatic carbocycles. The van der Waals surface area contributed by atoms with Crippen molar-refractivity contribution in [3.63, 3.8) is 0 Å². The van der Waals surface area contributed by atoms with Crippen molar-refractivity contribution in [2.24, 2.45) is 23.7 Å². The van der Waals surface area contributed by atoms with E-state index in [4.69, 9.17) is 4.74 Å². The fourth-order valence-electron chi connectivity index (χ4n) is 6.28. The van der Waals surface area contributed by atoms with Crippen LogP contribution >= 0.6 is 0 Å². The molecule has 0 aromatic heterocycles. The lowest BCUT2D eigenvalue weighted by molar-refractivity contribution is -0.176. The number of nitrogens with zero attached hydrogens (tertiary/aromatic N) is 1. The number of aliphatic hydroxyl groups is 1. The summed E-state index contributed by atoms with van der Waals surface area (Å²) in [5.41, 5.74) is 0.144. The minimum atomic E-state index is -0.307. The molecule has 1 saturated heterocycles. The first kappa shape index (κ1) is 15.4. The normalized spacial score (nSPS) is 46.1. The highest BCUT2D eigenvalue weighted by molar-refractivity contribution is 5.03. The van der Waals surface area contributed by atoms with Gasteiger partial charge in [-0.2, -0.15) is 0 Å². The molecular weight excluding hydrogens is 274 g/mol. The average Bonchev–Trinajstić information content (AvgIpc) is 2.44. The Hall–Kier alpha value is -0.120. The molecule has 0 amide bonds. The molecule has 126 valence electrons. The third-order valence-corrected chi connectivity index (χ3v) is 6.77. The molecule has 0 aromatic rings. The van der Waals surface area contributed by atoms with Crippen LogP contribution in [0.3, 0.4) is 0 Å². The van der Waals surface area contributed by atoms with Gasteiger partial charge in [0, 0.05) is 13.1 Å². The monoisotopic (exact) mass is 307 g/mol. The van der Waals surface area contributed by atoms with Gasteiger partial charge in [-0.15, -0.1) is 0 Å². The Morgan fingerprint density at radius 3 is 2.36 bits per heavy atom. The van der Waals surface area contributed by atoms with Crippen molar-refractivity contribution >= 4 is 0 Å². The van der Waals surface area contributed by atoms with Crippen molar-refractivity contribution in [2.45, 2.75) is 70.0 Å². The van der Waals surface area contributed by atoms with E-state index in [1.54, 1.807) is 0 Å². The summed E-state index contributed by atoms with van der Waals surface area (Å²) in [4.78, 5) is 2.43. The first-order valence-electron chi connectivity index (χ1n) is 9.64. The van der Waals surface area contributed by atoms with E-state index in [0.29, 0.717) is 6.61 Å². The summed E-state index contributed by atoms with van der Waals surface area (Å²) in [6.45, 7) is 5.98. The average molecular weight is 307 g/mol. The van der Waals surface area contributed by atoms with Gasteiger partial charge >= 0.3 is 0 Å². The van der Waals surface area contributed by atoms with Crippen molar-refractivity contribution in [1.29, 1.82) is 0 Å². The molecule has 0 spiro atoms. The van der Waals surface area contributed by atoms with Gasteiger partial charge < -0.3 is 14.7 Å². The smallest absolute Gasteiger partial charge is 0.0900 e. The number of β-amino-alcohol motifs (C(OH)–C–C–N with tert-alkyl or cyclic N) is 1. The van der Waals surface area contributed by atoms with E-state index in [1.165, 1.54) is 51.4 Å². The van der Waals surface area contributed by atoms with E-state index in [-0.39, 0.29) is 11.7 Å². The Bertz CT molecular complexity index is 362. The summed E-state index contributed by atoms with van der Waals surface area (Å²) >= 11 is 0. The highest BCUT2D eigenvalue weighted by atomic mass is 16.5. The third kappa shape index (κ3) is 3.22. The van der Waals surface area contributed by atoms with Gasteiger partial charge in [-0.1, -0.05) is 6.92 Å². The fourth-order valence-corrected chi connectivity index (χ4v) is 6.28. The van der Waals surface area contributed by atoms with Gasteiger partial charge in [0.05, 0.1) is 18.3 Å². The van der Waals surface area contributed by atoms with Crippen molar-refractivity contribution < 1.29 is 9.84 Å². The zero-order valence-corrected chi connectivity index (χ0v) is 14.2. The van der Waals surface area contributed by atoms with Gasteiger partial charge in [0.15, 0.2) is 0 Å². The molecule has 4 aliphatic carbocycles. The van der Waals surface area contributed by atoms with Crippen LogP contribution in [-0.4, -0.2) is 48.0 Å². The molecule has 3 heteroatoms. The molecule has 3 nitrogen and oxygen atoms in total. The second-order valence-corrected chi connectivity index (χ2v) is 9.07. The maximum absolute atomic E-state index is 10.4. The molecule has 2 unspecified atom stereocenters. The van der Waals surface area contributed by atoms with Crippen LogP contribution in [0.5, 0.6) is 0 Å². The Kier molecular flexibility index (Phi) is 4.25. The summed E-state index contributed by atoms with van der Waals surface area (Å²) in [7, 11) is 0. The van der Waals surface area contributed by atoms with E-state index in [9.17, 15) is 5.11 Å². The minimum Gasteiger partial charge on any atom is -0.389 e. The maximum atomic E-state index is 10.4. The summed E-state index contributed by atoms with van der Waals surface area (Å²) in [6.07, 6.45) is 10.5. The first-order valence-corrected chi connectivity index (χ1v) is 9.64. The van der Waals surface area contributed by atoms with E-state index in [2.05, 4.69) is 11.8 Å². The quantitative estimate of drug-likeness (QED) is 0.847. The zero-order chi connectivity index (χ0) is 15.2. The van der Waals surface area contributed by atoms with Crippen LogP contribution in [0.1, 0.15) is 58.3 Å². The Morgan fingerprint density at radius 1 is 1.14 bits per heavy atom. The Balaban J connectivity index is 1.27. The van der Waals surface area contributed by atoms with Crippen LogP contribution in [0.4, 0.5) is 0 Å². The first-order chi connectivity index (χ1) is 10.6. The molecule has 5 aliphatic rings. The highest BCUT2D eigenvalue weighted by Gasteiger charge is 2.51. The molecule has 0 radical (unpaired) electrons. The molecular formula is C19H33NO2. The second-order valence-electron chi connectivity index (χ2n) is 9.07. The second kappa shape index (κ2) is 6.07. The number of hydrogen-bond donors (Lipinski definition) is 1. The van der Waals surface area contributed by atoms with E-state index >= 15 is 0 Å². The maximum Gasteiger partial charge on any atom is 0.0900 e. The molecule has 5 rings (SSSR count). The number of hydrogen-bond acceptors (Lipinski definition) is 3. The zero-order valence-electron chi connectivity index (χ0n) is 14.2. The summed E-state index contributed by atoms with van der Waals surface area (Å²) < 4.78 is 6.40. The molecule has 2 atom stereocenters. The molecule has 1 N–H and O–H groups in total. The molecule has 4 saturated carbocycles. The van der Waals surface area contributed by atoms with E-state index in [1.807, 2.05) is 0 Å². The SMILES string of the molecule is CC1CCCN(CC(O)COC23CC4CC(CC(C4)C2)C3)C1. The number of likely N-dealkylation sites (tertiary alicyclic amines) is 1. The molecule has 4 bridgehead atoms. The lowest BCUT2D eigenvalue weighted by atomic mass is 9.54.